The second-order valence-electron chi connectivity index (χ2n) is 13.5. The summed E-state index contributed by atoms with van der Waals surface area (Å²) in [6, 6.07) is 9.11. The Kier molecular flexibility index (Phi) is 7.75. The number of carbonyl (C=O) groups is 1. The first-order valence-electron chi connectivity index (χ1n) is 13.9. The Morgan fingerprint density at radius 3 is 2.49 bits per heavy atom. The van der Waals surface area contributed by atoms with Gasteiger partial charge in [-0.2, -0.15) is 0 Å². The van der Waals surface area contributed by atoms with Gasteiger partial charge >= 0.3 is 19.1 Å². The molecule has 0 spiro atoms. The van der Waals surface area contributed by atoms with Crippen molar-refractivity contribution in [3.63, 3.8) is 0 Å². The summed E-state index contributed by atoms with van der Waals surface area (Å²) in [6.45, 7) is 16.7. The molecule has 7 nitrogen and oxygen atoms in total. The second kappa shape index (κ2) is 10.3. The van der Waals surface area contributed by atoms with E-state index in [2.05, 4.69) is 44.9 Å². The highest BCUT2D eigenvalue weighted by atomic mass is 16.7. The number of hydrogen-bond acceptors (Lipinski definition) is 4. The molecule has 1 amide bonds. The summed E-state index contributed by atoms with van der Waals surface area (Å²) < 4.78 is 18.8. The normalized spacial score (nSPS) is 30.4. The number of carbonyl (C=O) groups excluding carboxylic acids is 1. The van der Waals surface area contributed by atoms with Gasteiger partial charge in [-0.25, -0.2) is 9.79 Å². The molecule has 1 aromatic carbocycles. The lowest BCUT2D eigenvalue weighted by atomic mass is 9.43. The van der Waals surface area contributed by atoms with E-state index in [1.807, 2.05) is 51.1 Å². The fourth-order valence-corrected chi connectivity index (χ4v) is 6.62. The van der Waals surface area contributed by atoms with Crippen molar-refractivity contribution in [3.05, 3.63) is 35.9 Å². The van der Waals surface area contributed by atoms with E-state index in [9.17, 15) is 9.90 Å². The molecule has 6 atom stereocenters. The SMILES string of the molecule is CC(C)C[C@H](/[NH+]=C(\O)C(Cc1ccccc1)NC(=O)OC(C)(C)C)B1O[C@@H]2CC3C[C@@H](C3(C)C)[C@]2(C)O1. The van der Waals surface area contributed by atoms with Crippen LogP contribution in [0, 0.1) is 23.2 Å². The van der Waals surface area contributed by atoms with E-state index in [1.165, 1.54) is 6.42 Å². The quantitative estimate of drug-likeness (QED) is 0.279. The summed E-state index contributed by atoms with van der Waals surface area (Å²) in [5.74, 6) is 1.21. The van der Waals surface area contributed by atoms with Crippen LogP contribution in [0.5, 0.6) is 0 Å². The van der Waals surface area contributed by atoms with Crippen LogP contribution < -0.4 is 10.3 Å². The zero-order valence-electron chi connectivity index (χ0n) is 23.8. The lowest BCUT2D eigenvalue weighted by Gasteiger charge is -2.64. The maximum atomic E-state index is 12.7. The summed E-state index contributed by atoms with van der Waals surface area (Å²) in [6.07, 6.45) is 2.85. The Hall–Kier alpha value is -2.06. The molecular formula is C29H46BN2O5+. The Morgan fingerprint density at radius 2 is 1.89 bits per heavy atom. The minimum atomic E-state index is -0.682. The van der Waals surface area contributed by atoms with Gasteiger partial charge in [0.15, 0.2) is 12.0 Å². The standard InChI is InChI=1S/C29H45BN2O5/c1-18(2)14-24(30-36-23-17-20-16-22(28(20,6)7)29(23,8)37-30)32-25(33)21(15-19-12-10-9-11-13-19)31-26(34)35-27(3,4)5/h9-13,18,20-24H,14-17H2,1-8H3,(H,31,34)(H,32,33)/p+1/t20?,21?,22-,23+,24-,29-/m0/s1. The Balaban J connectivity index is 1.56. The van der Waals surface area contributed by atoms with Crippen LogP contribution in [0.25, 0.3) is 0 Å². The first-order chi connectivity index (χ1) is 17.2. The van der Waals surface area contributed by atoms with E-state index < -0.39 is 24.9 Å². The number of amides is 1. The highest BCUT2D eigenvalue weighted by Gasteiger charge is 2.69. The Bertz CT molecular complexity index is 992. The third-order valence-corrected chi connectivity index (χ3v) is 8.66. The number of aliphatic hydroxyl groups excluding tert-OH is 1. The predicted octanol–water partition coefficient (Wildman–Crippen LogP) is 3.84. The molecule has 0 aromatic heterocycles. The number of benzene rings is 1. The summed E-state index contributed by atoms with van der Waals surface area (Å²) in [5, 5.41) is 14.2. The van der Waals surface area contributed by atoms with Gasteiger partial charge < -0.3 is 24.5 Å². The number of alkyl carbamates (subject to hydrolysis) is 1. The van der Waals surface area contributed by atoms with Gasteiger partial charge in [-0.1, -0.05) is 58.0 Å². The zero-order valence-corrected chi connectivity index (χ0v) is 23.8. The maximum absolute atomic E-state index is 12.7. The van der Waals surface area contributed by atoms with E-state index in [0.29, 0.717) is 24.2 Å². The smallest absolute Gasteiger partial charge is 0.462 e. The molecule has 1 saturated heterocycles. The van der Waals surface area contributed by atoms with Gasteiger partial charge in [0.25, 0.3) is 0 Å². The first-order valence-corrected chi connectivity index (χ1v) is 13.9. The van der Waals surface area contributed by atoms with Crippen molar-refractivity contribution in [3.8, 4) is 0 Å². The molecule has 3 aliphatic carbocycles. The van der Waals surface area contributed by atoms with Gasteiger partial charge in [-0.3, -0.25) is 0 Å². The third kappa shape index (κ3) is 6.01. The molecule has 4 fully saturated rings. The van der Waals surface area contributed by atoms with Crippen molar-refractivity contribution >= 4 is 19.1 Å². The molecule has 2 bridgehead atoms. The van der Waals surface area contributed by atoms with Gasteiger partial charge in [0.2, 0.25) is 0 Å². The topological polar surface area (TPSA) is 91.0 Å². The van der Waals surface area contributed by atoms with Gasteiger partial charge in [-0.15, -0.1) is 0 Å². The van der Waals surface area contributed by atoms with Crippen molar-refractivity contribution in [2.45, 2.75) is 110 Å². The number of nitrogens with one attached hydrogen (secondary N) is 2. The van der Waals surface area contributed by atoms with Crippen LogP contribution in [0.15, 0.2) is 30.3 Å². The number of hydrogen-bond donors (Lipinski definition) is 3. The van der Waals surface area contributed by atoms with Crippen molar-refractivity contribution in [1.82, 2.24) is 5.32 Å². The van der Waals surface area contributed by atoms with E-state index in [1.54, 1.807) is 0 Å². The van der Waals surface area contributed by atoms with Gasteiger partial charge in [0.1, 0.15) is 5.60 Å². The predicted molar refractivity (Wildman–Crippen MR) is 145 cm³/mol. The Morgan fingerprint density at radius 1 is 1.22 bits per heavy atom. The van der Waals surface area contributed by atoms with E-state index >= 15 is 0 Å². The van der Waals surface area contributed by atoms with Crippen LogP contribution >= 0.6 is 0 Å². The number of rotatable bonds is 8. The highest BCUT2D eigenvalue weighted by molar-refractivity contribution is 6.46. The van der Waals surface area contributed by atoms with Crippen molar-refractivity contribution in [2.75, 3.05) is 0 Å². The first kappa shape index (κ1) is 28.0. The van der Waals surface area contributed by atoms with Crippen molar-refractivity contribution in [1.29, 1.82) is 0 Å². The molecule has 4 aliphatic rings. The molecular weight excluding hydrogens is 467 g/mol. The molecule has 37 heavy (non-hydrogen) atoms. The fraction of sp³-hybridized carbons (Fsp3) is 0.724. The summed E-state index contributed by atoms with van der Waals surface area (Å²) in [7, 11) is -0.478. The molecule has 1 aromatic rings. The molecule has 0 radical (unpaired) electrons. The molecule has 8 heteroatoms. The molecule has 204 valence electrons. The van der Waals surface area contributed by atoms with Gasteiger partial charge in [0.05, 0.1) is 11.7 Å². The van der Waals surface area contributed by atoms with Gasteiger partial charge in [-0.05, 0) is 69.3 Å². The monoisotopic (exact) mass is 513 g/mol. The molecule has 5 rings (SSSR count). The minimum Gasteiger partial charge on any atom is -0.462 e. The maximum Gasteiger partial charge on any atom is 0.533 e. The Labute approximate surface area is 222 Å². The summed E-state index contributed by atoms with van der Waals surface area (Å²) >= 11 is 0. The van der Waals surface area contributed by atoms with Crippen LogP contribution in [0.1, 0.15) is 80.2 Å². The van der Waals surface area contributed by atoms with Gasteiger partial charge in [0, 0.05) is 12.8 Å². The van der Waals surface area contributed by atoms with Crippen molar-refractivity contribution in [2.24, 2.45) is 23.2 Å². The number of ether oxygens (including phenoxy) is 1. The molecule has 2 unspecified atom stereocenters. The lowest BCUT2D eigenvalue weighted by Crippen LogP contribution is -2.86. The van der Waals surface area contributed by atoms with Crippen LogP contribution in [0.3, 0.4) is 0 Å². The zero-order chi connectivity index (χ0) is 27.2. The average molecular weight is 514 g/mol. The van der Waals surface area contributed by atoms with Crippen LogP contribution in [0.4, 0.5) is 4.79 Å². The van der Waals surface area contributed by atoms with Crippen LogP contribution in [-0.4, -0.2) is 53.5 Å². The van der Waals surface area contributed by atoms with Crippen LogP contribution in [0.2, 0.25) is 0 Å². The second-order valence-corrected chi connectivity index (χ2v) is 13.5. The van der Waals surface area contributed by atoms with Crippen LogP contribution in [-0.2, 0) is 20.5 Å². The third-order valence-electron chi connectivity index (χ3n) is 8.66. The van der Waals surface area contributed by atoms with E-state index in [4.69, 9.17) is 14.0 Å². The molecule has 3 saturated carbocycles. The average Bonchev–Trinajstić information content (AvgIpc) is 3.14. The minimum absolute atomic E-state index is 0.0165. The molecule has 1 aliphatic heterocycles. The molecule has 3 N–H and O–H groups in total. The van der Waals surface area contributed by atoms with Crippen molar-refractivity contribution < 1.29 is 28.9 Å². The largest absolute Gasteiger partial charge is 0.533 e. The highest BCUT2D eigenvalue weighted by Crippen LogP contribution is 2.65. The van der Waals surface area contributed by atoms with E-state index in [-0.39, 0.29) is 29.0 Å². The summed E-state index contributed by atoms with van der Waals surface area (Å²) in [5.41, 5.74) is 0.284. The molecule has 1 heterocycles. The number of aliphatic hydroxyl groups is 1. The lowest BCUT2D eigenvalue weighted by molar-refractivity contribution is -0.496. The summed E-state index contributed by atoms with van der Waals surface area (Å²) in [4.78, 5) is 16.0. The van der Waals surface area contributed by atoms with E-state index in [0.717, 1.165) is 18.4 Å². The fourth-order valence-electron chi connectivity index (χ4n) is 6.62.